The molecular weight excluding hydrogens is 947 g/mol. The molecule has 6 heteroatoms. The summed E-state index contributed by atoms with van der Waals surface area (Å²) < 4.78 is 15.7. The van der Waals surface area contributed by atoms with Gasteiger partial charge in [-0.3, -0.25) is 0 Å². The second-order valence-electron chi connectivity index (χ2n) is 20.1. The van der Waals surface area contributed by atoms with Gasteiger partial charge < -0.3 is 8.83 Å². The minimum absolute atomic E-state index is 0.412. The number of benzene rings is 11. The molecule has 0 radical (unpaired) electrons. The van der Waals surface area contributed by atoms with Gasteiger partial charge in [0.25, 0.3) is 0 Å². The molecule has 0 unspecified atom stereocenters. The number of furan rings is 2. The summed E-state index contributed by atoms with van der Waals surface area (Å²) in [6, 6.07) is 85.1. The van der Waals surface area contributed by atoms with Crippen molar-refractivity contribution in [3.63, 3.8) is 0 Å². The van der Waals surface area contributed by atoms with Crippen molar-refractivity contribution >= 4 is 75.4 Å². The van der Waals surface area contributed by atoms with E-state index in [1.54, 1.807) is 11.3 Å². The number of para-hydroxylation sites is 2. The number of thiophene rings is 1. The fraction of sp³-hybridized carbons (Fsp3) is 0.0143. The van der Waals surface area contributed by atoms with E-state index in [-0.39, 0.29) is 0 Å². The molecule has 352 valence electrons. The van der Waals surface area contributed by atoms with Crippen molar-refractivity contribution < 1.29 is 8.83 Å². The zero-order valence-corrected chi connectivity index (χ0v) is 41.4. The van der Waals surface area contributed by atoms with E-state index in [9.17, 15) is 0 Å². The summed E-state index contributed by atoms with van der Waals surface area (Å²) in [7, 11) is 0. The quantitative estimate of drug-likeness (QED) is 0.172. The molecule has 76 heavy (non-hydrogen) atoms. The zero-order chi connectivity index (χ0) is 49.6. The lowest BCUT2D eigenvalue weighted by Gasteiger charge is -2.30. The minimum atomic E-state index is -0.412. The third-order valence-corrected chi connectivity index (χ3v) is 17.3. The van der Waals surface area contributed by atoms with Gasteiger partial charge in [-0.05, 0) is 121 Å². The molecule has 4 aromatic heterocycles. The van der Waals surface area contributed by atoms with Crippen LogP contribution in [-0.2, 0) is 5.41 Å². The molecule has 2 aliphatic carbocycles. The van der Waals surface area contributed by atoms with Gasteiger partial charge in [-0.1, -0.05) is 182 Å². The van der Waals surface area contributed by atoms with Gasteiger partial charge in [0.15, 0.2) is 17.5 Å². The molecule has 0 saturated heterocycles. The average Bonchev–Trinajstić information content (AvgIpc) is 4.49. The second-order valence-corrected chi connectivity index (χ2v) is 21.2. The Labute approximate surface area is 439 Å². The Bertz CT molecular complexity index is 4920. The van der Waals surface area contributed by atoms with Gasteiger partial charge in [0.1, 0.15) is 22.3 Å². The molecule has 0 N–H and O–H groups in total. The summed E-state index contributed by atoms with van der Waals surface area (Å²) in [5.41, 5.74) is 20.4. The largest absolute Gasteiger partial charge is 0.456 e. The molecular formula is C70H39N3O2S. The first-order valence-electron chi connectivity index (χ1n) is 25.7. The van der Waals surface area contributed by atoms with Crippen molar-refractivity contribution in [2.24, 2.45) is 0 Å². The van der Waals surface area contributed by atoms with E-state index < -0.39 is 5.41 Å². The zero-order valence-electron chi connectivity index (χ0n) is 40.6. The lowest BCUT2D eigenvalue weighted by atomic mass is 9.70. The first kappa shape index (κ1) is 41.7. The summed E-state index contributed by atoms with van der Waals surface area (Å²) >= 11 is 1.78. The first-order chi connectivity index (χ1) is 37.7. The highest BCUT2D eigenvalue weighted by Crippen LogP contribution is 2.63. The predicted octanol–water partition coefficient (Wildman–Crippen LogP) is 18.7. The summed E-state index contributed by atoms with van der Waals surface area (Å²) in [6.45, 7) is 0. The fourth-order valence-corrected chi connectivity index (χ4v) is 14.1. The summed E-state index contributed by atoms with van der Waals surface area (Å²) in [4.78, 5) is 16.1. The van der Waals surface area contributed by atoms with Crippen molar-refractivity contribution in [3.05, 3.63) is 259 Å². The van der Waals surface area contributed by atoms with Crippen LogP contribution in [0.2, 0.25) is 0 Å². The Hall–Kier alpha value is -9.75. The van der Waals surface area contributed by atoms with Crippen molar-refractivity contribution in [2.75, 3.05) is 0 Å². The van der Waals surface area contributed by atoms with Crippen LogP contribution < -0.4 is 0 Å². The van der Waals surface area contributed by atoms with Gasteiger partial charge in [0.2, 0.25) is 0 Å². The average molecular weight is 986 g/mol. The van der Waals surface area contributed by atoms with Crippen LogP contribution in [-0.4, -0.2) is 15.0 Å². The van der Waals surface area contributed by atoms with Gasteiger partial charge in [-0.2, -0.15) is 0 Å². The monoisotopic (exact) mass is 985 g/mol. The van der Waals surface area contributed by atoms with E-state index in [4.69, 9.17) is 23.8 Å². The highest BCUT2D eigenvalue weighted by atomic mass is 32.1. The van der Waals surface area contributed by atoms with Crippen LogP contribution in [0.3, 0.4) is 0 Å². The highest BCUT2D eigenvalue weighted by Gasteiger charge is 2.51. The van der Waals surface area contributed by atoms with Crippen LogP contribution >= 0.6 is 11.3 Å². The maximum absolute atomic E-state index is 6.70. The molecule has 0 saturated carbocycles. The third kappa shape index (κ3) is 5.76. The highest BCUT2D eigenvalue weighted by molar-refractivity contribution is 7.25. The van der Waals surface area contributed by atoms with Gasteiger partial charge in [-0.25, -0.2) is 15.0 Å². The Balaban J connectivity index is 0.829. The van der Waals surface area contributed by atoms with Crippen molar-refractivity contribution in [1.82, 2.24) is 15.0 Å². The van der Waals surface area contributed by atoms with E-state index in [0.717, 1.165) is 82.6 Å². The van der Waals surface area contributed by atoms with Crippen molar-refractivity contribution in [1.29, 1.82) is 0 Å². The maximum Gasteiger partial charge on any atom is 0.167 e. The Morgan fingerprint density at radius 2 is 0.776 bits per heavy atom. The van der Waals surface area contributed by atoms with Crippen molar-refractivity contribution in [3.8, 4) is 78.7 Å². The Morgan fingerprint density at radius 3 is 1.53 bits per heavy atom. The third-order valence-electron chi connectivity index (χ3n) is 16.2. The lowest BCUT2D eigenvalue weighted by molar-refractivity contribution is 0.668. The van der Waals surface area contributed by atoms with Crippen LogP contribution in [0.4, 0.5) is 0 Å². The molecule has 2 aliphatic rings. The van der Waals surface area contributed by atoms with Crippen LogP contribution in [0.25, 0.3) is 143 Å². The Kier molecular flexibility index (Phi) is 8.58. The normalized spacial score (nSPS) is 13.1. The molecule has 4 heterocycles. The minimum Gasteiger partial charge on any atom is -0.456 e. The van der Waals surface area contributed by atoms with E-state index in [0.29, 0.717) is 17.5 Å². The number of fused-ring (bicyclic) bond motifs is 19. The molecule has 0 bridgehead atoms. The number of hydrogen-bond donors (Lipinski definition) is 0. The fourth-order valence-electron chi connectivity index (χ4n) is 13.0. The number of hydrogen-bond acceptors (Lipinski definition) is 6. The van der Waals surface area contributed by atoms with Gasteiger partial charge in [0.05, 0.1) is 11.0 Å². The van der Waals surface area contributed by atoms with E-state index in [1.165, 1.54) is 64.9 Å². The molecule has 1 spiro atoms. The van der Waals surface area contributed by atoms with Gasteiger partial charge in [0, 0.05) is 52.8 Å². The number of nitrogens with zero attached hydrogens (tertiary/aromatic N) is 3. The SMILES string of the molecule is c1cc(-c2ccc3c(c2)C2(c4ccccc4-c4ccccc42)c2ccccc2-3)cc(-c2ccc3oc4cccc(-c5nc(-c6cccc7c6oc6ccccc67)nc(-c6cccc7sc8ccccc8c67)n5)c4c3c2)c1. The molecule has 0 amide bonds. The van der Waals surface area contributed by atoms with Gasteiger partial charge in [-0.15, -0.1) is 11.3 Å². The smallest absolute Gasteiger partial charge is 0.167 e. The van der Waals surface area contributed by atoms with Gasteiger partial charge >= 0.3 is 0 Å². The van der Waals surface area contributed by atoms with E-state index in [1.807, 2.05) is 30.3 Å². The van der Waals surface area contributed by atoms with Crippen molar-refractivity contribution in [2.45, 2.75) is 5.41 Å². The molecule has 0 atom stereocenters. The van der Waals surface area contributed by atoms with Crippen LogP contribution in [0.15, 0.2) is 245 Å². The van der Waals surface area contributed by atoms with Crippen LogP contribution in [0.5, 0.6) is 0 Å². The summed E-state index contributed by atoms with van der Waals surface area (Å²) in [6.07, 6.45) is 0. The number of rotatable bonds is 5. The summed E-state index contributed by atoms with van der Waals surface area (Å²) in [5, 5.41) is 6.30. The molecule has 17 rings (SSSR count). The Morgan fingerprint density at radius 1 is 0.289 bits per heavy atom. The molecule has 0 aliphatic heterocycles. The van der Waals surface area contributed by atoms with E-state index in [2.05, 4.69) is 206 Å². The molecule has 5 nitrogen and oxygen atoms in total. The van der Waals surface area contributed by atoms with Crippen LogP contribution in [0, 0.1) is 0 Å². The molecule has 0 fully saturated rings. The standard InChI is InChI=1S/C70H39N3O2S/c1-6-26-55-44(17-1)45-18-2-7-27-56(45)70(55)57-28-8-3-19-46(57)47-35-33-43(39-58(47)70)41-16-11-15-40(37-41)42-34-36-60-54(38-42)64-51(23-13-30-61(64)74-60)67-71-68(52-24-14-32-63-65(52)50-21-5-10-31-62(50)76-63)73-69(72-67)53-25-12-22-49-48-20-4-9-29-59(48)75-66(49)53/h1-39H. The van der Waals surface area contributed by atoms with Crippen LogP contribution in [0.1, 0.15) is 22.3 Å². The van der Waals surface area contributed by atoms with E-state index >= 15 is 0 Å². The first-order valence-corrected chi connectivity index (χ1v) is 26.5. The second kappa shape index (κ2) is 15.6. The number of aromatic nitrogens is 3. The molecule has 15 aromatic rings. The molecule has 11 aromatic carbocycles. The maximum atomic E-state index is 6.70. The topological polar surface area (TPSA) is 65.0 Å². The predicted molar refractivity (Wildman–Crippen MR) is 311 cm³/mol. The summed E-state index contributed by atoms with van der Waals surface area (Å²) in [5.74, 6) is 1.67. The lowest BCUT2D eigenvalue weighted by Crippen LogP contribution is -2.25.